The van der Waals surface area contributed by atoms with Crippen LogP contribution in [-0.2, 0) is 4.74 Å². The number of carbonyl (C=O) groups is 1. The van der Waals surface area contributed by atoms with Crippen molar-refractivity contribution in [2.75, 3.05) is 12.8 Å². The number of carbonyl (C=O) groups excluding carboxylic acids is 1. The number of methoxy groups -OCH3 is 1. The Labute approximate surface area is 124 Å². The first kappa shape index (κ1) is 15.0. The summed E-state index contributed by atoms with van der Waals surface area (Å²) in [6.45, 7) is 2.18. The van der Waals surface area contributed by atoms with E-state index < -0.39 is 5.97 Å². The molecule has 2 unspecified atom stereocenters. The highest BCUT2D eigenvalue weighted by Crippen LogP contribution is 2.31. The Kier molecular flexibility index (Phi) is 4.76. The van der Waals surface area contributed by atoms with Gasteiger partial charge in [0.25, 0.3) is 0 Å². The van der Waals surface area contributed by atoms with Gasteiger partial charge in [0.05, 0.1) is 17.8 Å². The van der Waals surface area contributed by atoms with Crippen LogP contribution >= 0.6 is 11.6 Å². The highest BCUT2D eigenvalue weighted by molar-refractivity contribution is 6.33. The van der Waals surface area contributed by atoms with Crippen molar-refractivity contribution >= 4 is 23.3 Å². The van der Waals surface area contributed by atoms with Crippen molar-refractivity contribution in [1.29, 1.82) is 0 Å². The Balaban J connectivity index is 2.14. The van der Waals surface area contributed by atoms with Crippen molar-refractivity contribution in [3.05, 3.63) is 22.7 Å². The van der Waals surface area contributed by atoms with Crippen LogP contribution in [0.5, 0.6) is 5.75 Å². The third kappa shape index (κ3) is 3.37. The largest absolute Gasteiger partial charge is 0.496 e. The van der Waals surface area contributed by atoms with Gasteiger partial charge in [-0.25, -0.2) is 4.79 Å². The molecule has 4 nitrogen and oxygen atoms in total. The minimum atomic E-state index is -0.400. The molecule has 0 spiro atoms. The normalized spacial score (nSPS) is 22.4. The average Bonchev–Trinajstić information content (AvgIpc) is 2.41. The molecule has 0 aromatic heterocycles. The van der Waals surface area contributed by atoms with Crippen LogP contribution in [-0.4, -0.2) is 19.2 Å². The molecule has 0 amide bonds. The number of anilines is 1. The van der Waals surface area contributed by atoms with Crippen LogP contribution < -0.4 is 10.5 Å². The number of esters is 1. The van der Waals surface area contributed by atoms with Gasteiger partial charge < -0.3 is 15.2 Å². The number of nitrogen functional groups attached to an aromatic ring is 1. The molecule has 2 N–H and O–H groups in total. The lowest BCUT2D eigenvalue weighted by Gasteiger charge is -2.26. The van der Waals surface area contributed by atoms with E-state index in [1.807, 2.05) is 0 Å². The van der Waals surface area contributed by atoms with Crippen LogP contribution in [0.1, 0.15) is 43.0 Å². The molecule has 1 saturated carbocycles. The smallest absolute Gasteiger partial charge is 0.342 e. The second-order valence-electron chi connectivity index (χ2n) is 5.37. The minimum absolute atomic E-state index is 0.0210. The molecular weight excluding hydrogens is 278 g/mol. The Morgan fingerprint density at radius 1 is 1.40 bits per heavy atom. The maximum Gasteiger partial charge on any atom is 0.342 e. The van der Waals surface area contributed by atoms with E-state index in [0.717, 1.165) is 19.3 Å². The maximum absolute atomic E-state index is 12.3. The van der Waals surface area contributed by atoms with Crippen LogP contribution in [0.2, 0.25) is 5.02 Å². The molecule has 1 aromatic carbocycles. The summed E-state index contributed by atoms with van der Waals surface area (Å²) in [6, 6.07) is 3.05. The third-order valence-electron chi connectivity index (χ3n) is 3.70. The summed E-state index contributed by atoms with van der Waals surface area (Å²) < 4.78 is 10.7. The predicted octanol–water partition coefficient (Wildman–Crippen LogP) is 3.67. The Bertz CT molecular complexity index is 504. The summed E-state index contributed by atoms with van der Waals surface area (Å²) in [4.78, 5) is 12.3. The number of ether oxygens (including phenoxy) is 2. The van der Waals surface area contributed by atoms with E-state index in [1.54, 1.807) is 6.07 Å². The lowest BCUT2D eigenvalue weighted by Crippen LogP contribution is -2.24. The fourth-order valence-electron chi connectivity index (χ4n) is 2.60. The molecule has 2 rings (SSSR count). The summed E-state index contributed by atoms with van der Waals surface area (Å²) in [5.74, 6) is 0.585. The molecule has 1 aliphatic rings. The Morgan fingerprint density at radius 2 is 2.15 bits per heavy atom. The molecule has 1 aromatic rings. The fourth-order valence-corrected chi connectivity index (χ4v) is 2.76. The van der Waals surface area contributed by atoms with E-state index in [1.165, 1.54) is 19.6 Å². The third-order valence-corrected chi connectivity index (χ3v) is 4.03. The Hall–Kier alpha value is -1.42. The lowest BCUT2D eigenvalue weighted by atomic mass is 9.89. The molecule has 0 radical (unpaired) electrons. The van der Waals surface area contributed by atoms with E-state index >= 15 is 0 Å². The first-order chi connectivity index (χ1) is 9.51. The van der Waals surface area contributed by atoms with Crippen LogP contribution in [0.4, 0.5) is 5.69 Å². The summed E-state index contributed by atoms with van der Waals surface area (Å²) in [5.41, 5.74) is 6.41. The quantitative estimate of drug-likeness (QED) is 0.683. The van der Waals surface area contributed by atoms with Gasteiger partial charge in [0.2, 0.25) is 0 Å². The van der Waals surface area contributed by atoms with Gasteiger partial charge in [-0.1, -0.05) is 24.9 Å². The van der Waals surface area contributed by atoms with E-state index in [0.29, 0.717) is 27.9 Å². The first-order valence-electron chi connectivity index (χ1n) is 6.85. The fraction of sp³-hybridized carbons (Fsp3) is 0.533. The van der Waals surface area contributed by atoms with Crippen molar-refractivity contribution < 1.29 is 14.3 Å². The molecule has 0 bridgehead atoms. The number of rotatable bonds is 3. The van der Waals surface area contributed by atoms with Crippen LogP contribution in [0.25, 0.3) is 0 Å². The van der Waals surface area contributed by atoms with Crippen LogP contribution in [0, 0.1) is 5.92 Å². The molecule has 110 valence electrons. The molecule has 0 aliphatic heterocycles. The minimum Gasteiger partial charge on any atom is -0.496 e. The molecule has 20 heavy (non-hydrogen) atoms. The SMILES string of the molecule is COc1cc(N)c(Cl)cc1C(=O)OC1CCCC(C)C1. The van der Waals surface area contributed by atoms with Crippen molar-refractivity contribution in [3.8, 4) is 5.75 Å². The highest BCUT2D eigenvalue weighted by Gasteiger charge is 2.24. The lowest BCUT2D eigenvalue weighted by molar-refractivity contribution is 0.0152. The zero-order valence-electron chi connectivity index (χ0n) is 11.8. The highest BCUT2D eigenvalue weighted by atomic mass is 35.5. The topological polar surface area (TPSA) is 61.5 Å². The van der Waals surface area contributed by atoms with E-state index in [2.05, 4.69) is 6.92 Å². The zero-order valence-corrected chi connectivity index (χ0v) is 12.6. The molecule has 1 fully saturated rings. The Morgan fingerprint density at radius 3 is 2.80 bits per heavy atom. The van der Waals surface area contributed by atoms with Gasteiger partial charge in [-0.05, 0) is 31.2 Å². The van der Waals surface area contributed by atoms with Gasteiger partial charge >= 0.3 is 5.97 Å². The molecule has 1 aliphatic carbocycles. The standard InChI is InChI=1S/C15H20ClNO3/c1-9-4-3-5-10(6-9)20-15(18)11-7-12(16)13(17)8-14(11)19-2/h7-10H,3-6,17H2,1-2H3. The van der Waals surface area contributed by atoms with Crippen molar-refractivity contribution in [1.82, 2.24) is 0 Å². The van der Waals surface area contributed by atoms with Gasteiger partial charge in [0.1, 0.15) is 17.4 Å². The second-order valence-corrected chi connectivity index (χ2v) is 5.78. The monoisotopic (exact) mass is 297 g/mol. The number of nitrogens with two attached hydrogens (primary N) is 1. The summed E-state index contributed by atoms with van der Waals surface area (Å²) in [6.07, 6.45) is 4.11. The second kappa shape index (κ2) is 6.35. The van der Waals surface area contributed by atoms with E-state index in [9.17, 15) is 4.79 Å². The molecule has 0 saturated heterocycles. The van der Waals surface area contributed by atoms with Crippen molar-refractivity contribution in [2.24, 2.45) is 5.92 Å². The van der Waals surface area contributed by atoms with Gasteiger partial charge in [0, 0.05) is 6.07 Å². The number of hydrogen-bond acceptors (Lipinski definition) is 4. The maximum atomic E-state index is 12.3. The van der Waals surface area contributed by atoms with Gasteiger partial charge in [-0.3, -0.25) is 0 Å². The number of hydrogen-bond donors (Lipinski definition) is 1. The van der Waals surface area contributed by atoms with Gasteiger partial charge in [-0.2, -0.15) is 0 Å². The van der Waals surface area contributed by atoms with E-state index in [-0.39, 0.29) is 6.10 Å². The molecule has 0 heterocycles. The summed E-state index contributed by atoms with van der Waals surface area (Å²) >= 11 is 5.96. The zero-order chi connectivity index (χ0) is 14.7. The van der Waals surface area contributed by atoms with E-state index in [4.69, 9.17) is 26.8 Å². The molecular formula is C15H20ClNO3. The van der Waals surface area contributed by atoms with Gasteiger partial charge in [-0.15, -0.1) is 0 Å². The molecule has 2 atom stereocenters. The van der Waals surface area contributed by atoms with Crippen LogP contribution in [0.3, 0.4) is 0 Å². The first-order valence-corrected chi connectivity index (χ1v) is 7.23. The van der Waals surface area contributed by atoms with Gasteiger partial charge in [0.15, 0.2) is 0 Å². The van der Waals surface area contributed by atoms with Crippen molar-refractivity contribution in [2.45, 2.75) is 38.7 Å². The number of benzene rings is 1. The van der Waals surface area contributed by atoms with Crippen LogP contribution in [0.15, 0.2) is 12.1 Å². The summed E-state index contributed by atoms with van der Waals surface area (Å²) in [5, 5.41) is 0.328. The number of halogens is 1. The summed E-state index contributed by atoms with van der Waals surface area (Å²) in [7, 11) is 1.49. The van der Waals surface area contributed by atoms with Crippen molar-refractivity contribution in [3.63, 3.8) is 0 Å². The average molecular weight is 298 g/mol. The molecule has 5 heteroatoms. The predicted molar refractivity (Wildman–Crippen MR) is 79.3 cm³/mol.